The first kappa shape index (κ1) is 15.8. The van der Waals surface area contributed by atoms with Gasteiger partial charge in [0.15, 0.2) is 0 Å². The number of furan rings is 1. The van der Waals surface area contributed by atoms with Crippen LogP contribution in [0.15, 0.2) is 101 Å². The summed E-state index contributed by atoms with van der Waals surface area (Å²) in [5.41, 5.74) is 6.60. The van der Waals surface area contributed by atoms with Gasteiger partial charge in [0.1, 0.15) is 11.2 Å². The molecule has 5 aromatic carbocycles. The highest BCUT2D eigenvalue weighted by atomic mass is 16.3. The standard InChI is InChI=1S/C28H17NO/c1-2-7-18-16-25-23(14-17(18)6-1)22-10-5-9-20(28(22)29-25)19-12-13-27-24(15-19)21-8-3-4-11-26(21)30-27/h1-16,29H. The summed E-state index contributed by atoms with van der Waals surface area (Å²) in [6.07, 6.45) is 0. The minimum absolute atomic E-state index is 0.926. The average Bonchev–Trinajstić information content (AvgIpc) is 3.34. The van der Waals surface area contributed by atoms with Gasteiger partial charge in [-0.3, -0.25) is 0 Å². The fourth-order valence-electron chi connectivity index (χ4n) is 4.75. The van der Waals surface area contributed by atoms with Crippen molar-refractivity contribution in [1.29, 1.82) is 0 Å². The van der Waals surface area contributed by atoms with E-state index >= 15 is 0 Å². The second-order valence-electron chi connectivity index (χ2n) is 7.91. The van der Waals surface area contributed by atoms with Gasteiger partial charge < -0.3 is 9.40 Å². The van der Waals surface area contributed by atoms with Gasteiger partial charge in [-0.15, -0.1) is 0 Å². The SMILES string of the molecule is c1ccc2cc3c(cc2c1)[nH]c1c(-c2ccc4oc5ccccc5c4c2)cccc13. The molecule has 0 bridgehead atoms. The number of nitrogens with one attached hydrogen (secondary N) is 1. The predicted molar refractivity (Wildman–Crippen MR) is 126 cm³/mol. The molecule has 2 nitrogen and oxygen atoms in total. The molecule has 1 N–H and O–H groups in total. The number of benzene rings is 5. The van der Waals surface area contributed by atoms with E-state index in [1.807, 2.05) is 12.1 Å². The molecule has 7 aromatic rings. The van der Waals surface area contributed by atoms with Gasteiger partial charge in [-0.1, -0.05) is 66.7 Å². The van der Waals surface area contributed by atoms with Gasteiger partial charge in [0.05, 0.1) is 5.52 Å². The maximum atomic E-state index is 6.02. The molecule has 0 radical (unpaired) electrons. The van der Waals surface area contributed by atoms with Crippen LogP contribution in [0.5, 0.6) is 0 Å². The Kier molecular flexibility index (Phi) is 3.03. The van der Waals surface area contributed by atoms with Crippen molar-refractivity contribution in [3.63, 3.8) is 0 Å². The lowest BCUT2D eigenvalue weighted by atomic mass is 9.99. The van der Waals surface area contributed by atoms with E-state index < -0.39 is 0 Å². The van der Waals surface area contributed by atoms with Gasteiger partial charge in [-0.25, -0.2) is 0 Å². The Morgan fingerprint density at radius 3 is 2.23 bits per heavy atom. The quantitative estimate of drug-likeness (QED) is 0.305. The van der Waals surface area contributed by atoms with E-state index in [2.05, 4.69) is 89.9 Å². The summed E-state index contributed by atoms with van der Waals surface area (Å²) in [7, 11) is 0. The van der Waals surface area contributed by atoms with Gasteiger partial charge in [0, 0.05) is 32.6 Å². The minimum atomic E-state index is 0.926. The lowest BCUT2D eigenvalue weighted by Gasteiger charge is -2.04. The number of hydrogen-bond donors (Lipinski definition) is 1. The van der Waals surface area contributed by atoms with Crippen LogP contribution in [0.1, 0.15) is 0 Å². The minimum Gasteiger partial charge on any atom is -0.456 e. The Morgan fingerprint density at radius 1 is 0.533 bits per heavy atom. The van der Waals surface area contributed by atoms with E-state index in [9.17, 15) is 0 Å². The Bertz CT molecular complexity index is 1750. The molecule has 0 atom stereocenters. The van der Waals surface area contributed by atoms with Gasteiger partial charge in [0.25, 0.3) is 0 Å². The van der Waals surface area contributed by atoms with Crippen molar-refractivity contribution >= 4 is 54.5 Å². The highest BCUT2D eigenvalue weighted by Gasteiger charge is 2.13. The van der Waals surface area contributed by atoms with Crippen molar-refractivity contribution in [2.75, 3.05) is 0 Å². The topological polar surface area (TPSA) is 28.9 Å². The van der Waals surface area contributed by atoms with Crippen molar-refractivity contribution in [2.24, 2.45) is 0 Å². The molecule has 0 fully saturated rings. The summed E-state index contributed by atoms with van der Waals surface area (Å²) in [6, 6.07) is 34.3. The maximum absolute atomic E-state index is 6.02. The number of fused-ring (bicyclic) bond motifs is 7. The van der Waals surface area contributed by atoms with Gasteiger partial charge in [-0.05, 0) is 46.7 Å². The number of para-hydroxylation sites is 2. The van der Waals surface area contributed by atoms with E-state index in [0.717, 1.165) is 21.9 Å². The zero-order chi connectivity index (χ0) is 19.7. The molecule has 0 aliphatic carbocycles. The molecule has 0 unspecified atom stereocenters. The van der Waals surface area contributed by atoms with Crippen LogP contribution in [0.3, 0.4) is 0 Å². The molecule has 140 valence electrons. The predicted octanol–water partition coefficient (Wildman–Crippen LogP) is 8.04. The van der Waals surface area contributed by atoms with Crippen molar-refractivity contribution in [3.8, 4) is 11.1 Å². The van der Waals surface area contributed by atoms with Crippen LogP contribution in [0.2, 0.25) is 0 Å². The molecule has 0 amide bonds. The normalized spacial score (nSPS) is 12.0. The lowest BCUT2D eigenvalue weighted by Crippen LogP contribution is -1.80. The molecule has 0 spiro atoms. The van der Waals surface area contributed by atoms with E-state index in [4.69, 9.17) is 4.42 Å². The summed E-state index contributed by atoms with van der Waals surface area (Å²) in [4.78, 5) is 3.69. The van der Waals surface area contributed by atoms with Crippen LogP contribution in [0, 0.1) is 0 Å². The first-order chi connectivity index (χ1) is 14.8. The summed E-state index contributed by atoms with van der Waals surface area (Å²) in [5.74, 6) is 0. The van der Waals surface area contributed by atoms with Gasteiger partial charge in [0.2, 0.25) is 0 Å². The Hall–Kier alpha value is -4.04. The van der Waals surface area contributed by atoms with Crippen molar-refractivity contribution in [2.45, 2.75) is 0 Å². The molecular weight excluding hydrogens is 366 g/mol. The van der Waals surface area contributed by atoms with E-state index in [1.54, 1.807) is 0 Å². The van der Waals surface area contributed by atoms with Crippen LogP contribution in [-0.4, -0.2) is 4.98 Å². The first-order valence-corrected chi connectivity index (χ1v) is 10.2. The number of aromatic amines is 1. The molecule has 2 heteroatoms. The maximum Gasteiger partial charge on any atom is 0.135 e. The Balaban J connectivity index is 1.53. The highest BCUT2D eigenvalue weighted by molar-refractivity contribution is 6.16. The fourth-order valence-corrected chi connectivity index (χ4v) is 4.75. The van der Waals surface area contributed by atoms with E-state index in [-0.39, 0.29) is 0 Å². The van der Waals surface area contributed by atoms with Crippen LogP contribution < -0.4 is 0 Å². The van der Waals surface area contributed by atoms with Crippen molar-refractivity contribution in [1.82, 2.24) is 4.98 Å². The monoisotopic (exact) mass is 383 g/mol. The summed E-state index contributed by atoms with van der Waals surface area (Å²) >= 11 is 0. The molecule has 2 aromatic heterocycles. The third-order valence-corrected chi connectivity index (χ3v) is 6.19. The molecule has 0 aliphatic heterocycles. The average molecular weight is 383 g/mol. The molecule has 0 aliphatic rings. The van der Waals surface area contributed by atoms with Crippen LogP contribution in [-0.2, 0) is 0 Å². The first-order valence-electron chi connectivity index (χ1n) is 10.2. The smallest absolute Gasteiger partial charge is 0.135 e. The molecule has 0 saturated carbocycles. The van der Waals surface area contributed by atoms with Crippen molar-refractivity contribution < 1.29 is 4.42 Å². The molecule has 0 saturated heterocycles. The molecule has 2 heterocycles. The summed E-state index contributed by atoms with van der Waals surface area (Å²) in [5, 5.41) is 7.35. The van der Waals surface area contributed by atoms with Crippen LogP contribution in [0.25, 0.3) is 65.6 Å². The van der Waals surface area contributed by atoms with Crippen molar-refractivity contribution in [3.05, 3.63) is 97.1 Å². The van der Waals surface area contributed by atoms with E-state index in [0.29, 0.717) is 0 Å². The molecule has 30 heavy (non-hydrogen) atoms. The largest absolute Gasteiger partial charge is 0.456 e. The number of H-pyrrole nitrogens is 1. The summed E-state index contributed by atoms with van der Waals surface area (Å²) < 4.78 is 6.02. The number of hydrogen-bond acceptors (Lipinski definition) is 1. The van der Waals surface area contributed by atoms with E-state index in [1.165, 1.54) is 43.7 Å². The lowest BCUT2D eigenvalue weighted by molar-refractivity contribution is 0.669. The van der Waals surface area contributed by atoms with Gasteiger partial charge >= 0.3 is 0 Å². The zero-order valence-electron chi connectivity index (χ0n) is 16.1. The Morgan fingerprint density at radius 2 is 1.30 bits per heavy atom. The third-order valence-electron chi connectivity index (χ3n) is 6.19. The number of rotatable bonds is 1. The summed E-state index contributed by atoms with van der Waals surface area (Å²) in [6.45, 7) is 0. The molecular formula is C28H17NO. The number of aromatic nitrogens is 1. The van der Waals surface area contributed by atoms with Crippen LogP contribution in [0.4, 0.5) is 0 Å². The van der Waals surface area contributed by atoms with Crippen LogP contribution >= 0.6 is 0 Å². The second kappa shape index (κ2) is 5.74. The second-order valence-corrected chi connectivity index (χ2v) is 7.91. The Labute approximate surface area is 172 Å². The molecule has 7 rings (SSSR count). The fraction of sp³-hybridized carbons (Fsp3) is 0. The highest BCUT2D eigenvalue weighted by Crippen LogP contribution is 2.37. The zero-order valence-corrected chi connectivity index (χ0v) is 16.1. The van der Waals surface area contributed by atoms with Gasteiger partial charge in [-0.2, -0.15) is 0 Å². The third kappa shape index (κ3) is 2.13.